The Morgan fingerprint density at radius 1 is 0.958 bits per heavy atom. The van der Waals surface area contributed by atoms with Crippen LogP contribution in [-0.4, -0.2) is 30.7 Å². The lowest BCUT2D eigenvalue weighted by Gasteiger charge is -2.32. The van der Waals surface area contributed by atoms with Crippen LogP contribution in [0.1, 0.15) is 33.3 Å². The first-order chi connectivity index (χ1) is 11.0. The van der Waals surface area contributed by atoms with Gasteiger partial charge in [-0.15, -0.1) is 0 Å². The van der Waals surface area contributed by atoms with Gasteiger partial charge in [-0.1, -0.05) is 17.7 Å². The topological polar surface area (TPSA) is 57.5 Å². The highest BCUT2D eigenvalue weighted by molar-refractivity contribution is 7.90. The molecule has 1 fully saturated rings. The lowest BCUT2D eigenvalue weighted by molar-refractivity contribution is 0.00578. The van der Waals surface area contributed by atoms with E-state index in [1.807, 2.05) is 34.6 Å². The first-order valence-electron chi connectivity index (χ1n) is 7.90. The van der Waals surface area contributed by atoms with Crippen molar-refractivity contribution < 1.29 is 17.7 Å². The minimum Gasteiger partial charge on any atom is -0.398 e. The van der Waals surface area contributed by atoms with Gasteiger partial charge in [-0.3, -0.25) is 0 Å². The van der Waals surface area contributed by atoms with Gasteiger partial charge in [0.25, 0.3) is 10.0 Å². The largest absolute Gasteiger partial charge is 0.513 e. The van der Waals surface area contributed by atoms with Crippen LogP contribution in [0.2, 0.25) is 0 Å². The molecule has 1 aliphatic heterocycles. The van der Waals surface area contributed by atoms with Gasteiger partial charge in [0.2, 0.25) is 0 Å². The third-order valence-corrected chi connectivity index (χ3v) is 6.53. The van der Waals surface area contributed by atoms with E-state index in [-0.39, 0.29) is 4.90 Å². The van der Waals surface area contributed by atoms with Gasteiger partial charge in [0.1, 0.15) is 0 Å². The molecule has 0 radical (unpaired) electrons. The zero-order valence-electron chi connectivity index (χ0n) is 14.6. The number of nitrogens with zero attached hydrogens (tertiary/aromatic N) is 1. The van der Waals surface area contributed by atoms with E-state index in [0.717, 1.165) is 5.56 Å². The SMILES string of the molecule is Cc1ccc(S(=O)(=O)n2cccc2B2OC(C)(C)C(C)(C)O2)cc1. The molecule has 3 rings (SSSR count). The second kappa shape index (κ2) is 5.47. The molecule has 1 aliphatic rings. The zero-order chi connectivity index (χ0) is 17.8. The summed E-state index contributed by atoms with van der Waals surface area (Å²) in [6, 6.07) is 10.2. The fourth-order valence-electron chi connectivity index (χ4n) is 2.57. The molecule has 2 aromatic rings. The van der Waals surface area contributed by atoms with Crippen LogP contribution in [0.5, 0.6) is 0 Å². The maximum absolute atomic E-state index is 13.0. The molecule has 0 unspecified atom stereocenters. The van der Waals surface area contributed by atoms with Gasteiger partial charge in [0.05, 0.1) is 21.7 Å². The Hall–Kier alpha value is -1.57. The molecule has 5 nitrogen and oxygen atoms in total. The Morgan fingerprint density at radius 2 is 1.50 bits per heavy atom. The van der Waals surface area contributed by atoms with E-state index in [9.17, 15) is 8.42 Å². The Labute approximate surface area is 143 Å². The number of aromatic nitrogens is 1. The fraction of sp³-hybridized carbons (Fsp3) is 0.412. The second-order valence-corrected chi connectivity index (χ2v) is 8.95. The molecule has 0 saturated carbocycles. The Bertz CT molecular complexity index is 837. The van der Waals surface area contributed by atoms with Crippen LogP contribution in [0.3, 0.4) is 0 Å². The van der Waals surface area contributed by atoms with Gasteiger partial charge in [0.15, 0.2) is 0 Å². The summed E-state index contributed by atoms with van der Waals surface area (Å²) in [4.78, 5) is 0.238. The highest BCUT2D eigenvalue weighted by Gasteiger charge is 2.53. The van der Waals surface area contributed by atoms with E-state index in [1.54, 1.807) is 36.4 Å². The molecule has 2 heterocycles. The van der Waals surface area contributed by atoms with Crippen molar-refractivity contribution in [3.8, 4) is 0 Å². The molecule has 0 atom stereocenters. The Kier molecular flexibility index (Phi) is 3.94. The van der Waals surface area contributed by atoms with E-state index in [1.165, 1.54) is 10.2 Å². The molecule has 1 saturated heterocycles. The molecule has 0 N–H and O–H groups in total. The number of hydrogen-bond acceptors (Lipinski definition) is 4. The monoisotopic (exact) mass is 347 g/mol. The maximum Gasteiger partial charge on any atom is 0.513 e. The van der Waals surface area contributed by atoms with Crippen LogP contribution in [-0.2, 0) is 19.3 Å². The molecular formula is C17H22BNO4S. The minimum atomic E-state index is -3.70. The van der Waals surface area contributed by atoms with Gasteiger partial charge in [0, 0.05) is 6.20 Å². The van der Waals surface area contributed by atoms with Crippen LogP contribution in [0, 0.1) is 6.92 Å². The normalized spacial score (nSPS) is 19.6. The minimum absolute atomic E-state index is 0.238. The van der Waals surface area contributed by atoms with Crippen LogP contribution in [0.25, 0.3) is 0 Å². The molecule has 1 aromatic carbocycles. The summed E-state index contributed by atoms with van der Waals surface area (Å²) in [5, 5.41) is 0. The van der Waals surface area contributed by atoms with Crippen LogP contribution >= 0.6 is 0 Å². The summed E-state index contributed by atoms with van der Waals surface area (Å²) in [5.41, 5.74) is 0.419. The highest BCUT2D eigenvalue weighted by Crippen LogP contribution is 2.36. The van der Waals surface area contributed by atoms with Gasteiger partial charge in [-0.25, -0.2) is 12.4 Å². The van der Waals surface area contributed by atoms with Crippen molar-refractivity contribution in [3.05, 3.63) is 48.2 Å². The van der Waals surface area contributed by atoms with Crippen molar-refractivity contribution in [1.82, 2.24) is 3.97 Å². The van der Waals surface area contributed by atoms with Crippen LogP contribution in [0.15, 0.2) is 47.5 Å². The molecule has 7 heteroatoms. The van der Waals surface area contributed by atoms with Crippen molar-refractivity contribution in [2.24, 2.45) is 0 Å². The van der Waals surface area contributed by atoms with Gasteiger partial charge in [-0.05, 0) is 58.9 Å². The fourth-order valence-corrected chi connectivity index (χ4v) is 3.93. The highest BCUT2D eigenvalue weighted by atomic mass is 32.2. The number of rotatable bonds is 3. The van der Waals surface area contributed by atoms with Crippen LogP contribution < -0.4 is 5.59 Å². The Morgan fingerprint density at radius 3 is 2.04 bits per heavy atom. The smallest absolute Gasteiger partial charge is 0.398 e. The van der Waals surface area contributed by atoms with Crippen molar-refractivity contribution in [2.45, 2.75) is 50.7 Å². The third kappa shape index (κ3) is 2.70. The molecule has 128 valence electrons. The average molecular weight is 347 g/mol. The molecule has 0 aliphatic carbocycles. The van der Waals surface area contributed by atoms with E-state index in [0.29, 0.717) is 5.59 Å². The van der Waals surface area contributed by atoms with Crippen molar-refractivity contribution >= 4 is 22.7 Å². The lowest BCUT2D eigenvalue weighted by Crippen LogP contribution is -2.41. The summed E-state index contributed by atoms with van der Waals surface area (Å²) in [6.07, 6.45) is 1.52. The molecule has 0 spiro atoms. The quantitative estimate of drug-likeness (QED) is 0.800. The zero-order valence-corrected chi connectivity index (χ0v) is 15.4. The standard InChI is InChI=1S/C17H22BNO4S/c1-13-8-10-14(11-9-13)24(20,21)19-12-6-7-15(19)18-22-16(2,3)17(4,5)23-18/h6-12H,1-5H3. The van der Waals surface area contributed by atoms with Crippen molar-refractivity contribution in [3.63, 3.8) is 0 Å². The number of aryl methyl sites for hydroxylation is 1. The average Bonchev–Trinajstić information content (AvgIpc) is 3.03. The van der Waals surface area contributed by atoms with E-state index < -0.39 is 28.3 Å². The number of hydrogen-bond donors (Lipinski definition) is 0. The molecule has 1 aromatic heterocycles. The predicted molar refractivity (Wildman–Crippen MR) is 93.9 cm³/mol. The van der Waals surface area contributed by atoms with E-state index >= 15 is 0 Å². The summed E-state index contributed by atoms with van der Waals surface area (Å²) in [5.74, 6) is 0. The maximum atomic E-state index is 13.0. The second-order valence-electron chi connectivity index (χ2n) is 7.14. The van der Waals surface area contributed by atoms with Gasteiger partial charge < -0.3 is 9.31 Å². The third-order valence-electron chi connectivity index (χ3n) is 4.82. The number of benzene rings is 1. The molecular weight excluding hydrogens is 325 g/mol. The summed E-state index contributed by atoms with van der Waals surface area (Å²) >= 11 is 0. The summed E-state index contributed by atoms with van der Waals surface area (Å²) in [7, 11) is -4.43. The predicted octanol–water partition coefficient (Wildman–Crippen LogP) is 2.33. The summed E-state index contributed by atoms with van der Waals surface area (Å²) < 4.78 is 39.1. The molecule has 24 heavy (non-hydrogen) atoms. The van der Waals surface area contributed by atoms with Gasteiger partial charge in [-0.2, -0.15) is 0 Å². The van der Waals surface area contributed by atoms with E-state index in [2.05, 4.69) is 0 Å². The van der Waals surface area contributed by atoms with Crippen LogP contribution in [0.4, 0.5) is 0 Å². The first-order valence-corrected chi connectivity index (χ1v) is 9.34. The van der Waals surface area contributed by atoms with Crippen molar-refractivity contribution in [2.75, 3.05) is 0 Å². The van der Waals surface area contributed by atoms with Crippen molar-refractivity contribution in [1.29, 1.82) is 0 Å². The Balaban J connectivity index is 2.01. The van der Waals surface area contributed by atoms with Gasteiger partial charge >= 0.3 is 7.12 Å². The molecule has 0 amide bonds. The molecule has 0 bridgehead atoms. The first kappa shape index (κ1) is 17.3. The lowest BCUT2D eigenvalue weighted by atomic mass is 9.85. The van der Waals surface area contributed by atoms with E-state index in [4.69, 9.17) is 9.31 Å². The summed E-state index contributed by atoms with van der Waals surface area (Å²) in [6.45, 7) is 9.68.